The van der Waals surface area contributed by atoms with E-state index in [0.29, 0.717) is 0 Å². The van der Waals surface area contributed by atoms with Crippen molar-refractivity contribution in [2.45, 2.75) is 6.92 Å². The molecular formula is C3H6BiNO. The van der Waals surface area contributed by atoms with E-state index in [9.17, 15) is 4.79 Å². The quantitative estimate of drug-likeness (QED) is 0.630. The van der Waals surface area contributed by atoms with Gasteiger partial charge in [0, 0.05) is 0 Å². The van der Waals surface area contributed by atoms with Crippen LogP contribution >= 0.6 is 0 Å². The molecule has 2 nitrogen and oxygen atoms in total. The Morgan fingerprint density at radius 2 is 2.50 bits per heavy atom. The second kappa shape index (κ2) is 3.54. The molecule has 0 aliphatic rings. The van der Waals surface area contributed by atoms with Crippen molar-refractivity contribution in [3.63, 3.8) is 0 Å². The first kappa shape index (κ1) is 6.35. The minimum absolute atomic E-state index is 0.0671. The molecule has 0 atom stereocenters. The molecule has 1 N–H and O–H groups in total. The molecule has 0 bridgehead atoms. The predicted octanol–water partition coefficient (Wildman–Crippen LogP) is -0.752. The van der Waals surface area contributed by atoms with Crippen molar-refractivity contribution in [3.05, 3.63) is 0 Å². The van der Waals surface area contributed by atoms with Gasteiger partial charge in [-0.1, -0.05) is 0 Å². The molecule has 6 heavy (non-hydrogen) atoms. The molecule has 0 unspecified atom stereocenters. The summed E-state index contributed by atoms with van der Waals surface area (Å²) in [6.07, 6.45) is 0. The zero-order chi connectivity index (χ0) is 4.99. The van der Waals surface area contributed by atoms with Crippen molar-refractivity contribution in [2.24, 2.45) is 0 Å². The van der Waals surface area contributed by atoms with Gasteiger partial charge in [0.15, 0.2) is 0 Å². The van der Waals surface area contributed by atoms with Crippen LogP contribution in [0, 0.1) is 0 Å². The molecule has 0 saturated carbocycles. The number of carbonyl (C=O) groups excluding carboxylic acids is 1. The van der Waals surface area contributed by atoms with Gasteiger partial charge in [-0.3, -0.25) is 0 Å². The van der Waals surface area contributed by atoms with Gasteiger partial charge >= 0.3 is 51.9 Å². The molecular weight excluding hydrogens is 275 g/mol. The van der Waals surface area contributed by atoms with Crippen LogP contribution in [0.1, 0.15) is 6.92 Å². The van der Waals surface area contributed by atoms with Gasteiger partial charge in [-0.15, -0.1) is 0 Å². The van der Waals surface area contributed by atoms with Crippen LogP contribution in [0.25, 0.3) is 0 Å². The van der Waals surface area contributed by atoms with Crippen molar-refractivity contribution in [1.29, 1.82) is 0 Å². The van der Waals surface area contributed by atoms with Gasteiger partial charge in [-0.05, 0) is 0 Å². The molecule has 0 aromatic carbocycles. The van der Waals surface area contributed by atoms with Crippen LogP contribution in [-0.2, 0) is 4.79 Å². The topological polar surface area (TPSA) is 29.1 Å². The molecule has 0 aromatic heterocycles. The van der Waals surface area contributed by atoms with E-state index in [-0.39, 0.29) is 5.91 Å². The Morgan fingerprint density at radius 1 is 2.00 bits per heavy atom. The zero-order valence-electron chi connectivity index (χ0n) is 3.56. The van der Waals surface area contributed by atoms with E-state index in [1.807, 2.05) is 0 Å². The first-order valence-corrected chi connectivity index (χ1v) is 4.08. The van der Waals surface area contributed by atoms with E-state index < -0.39 is 0 Å². The molecule has 0 aliphatic carbocycles. The summed E-state index contributed by atoms with van der Waals surface area (Å²) in [6, 6.07) is 0. The Balaban J connectivity index is 2.83. The average molecular weight is 281 g/mol. The third-order valence-electron chi connectivity index (χ3n) is 0.328. The minimum atomic E-state index is 0.0671. The standard InChI is InChI=1S/C3H6NO.Bi/c1-3(5)4-2;/h2H2,1H3,(H,4,5);. The number of hydrogen-bond donors (Lipinski definition) is 1. The molecule has 0 heterocycles. The fraction of sp³-hybridized carbons (Fsp3) is 0.667. The van der Waals surface area contributed by atoms with Crippen molar-refractivity contribution < 1.29 is 4.79 Å². The Hall–Kier alpha value is 0.353. The van der Waals surface area contributed by atoms with E-state index in [1.54, 1.807) is 0 Å². The van der Waals surface area contributed by atoms with Crippen LogP contribution in [0.3, 0.4) is 0 Å². The SMILES string of the molecule is CC(=O)N[CH2][Bi]. The molecule has 0 aromatic rings. The van der Waals surface area contributed by atoms with Crippen molar-refractivity contribution in [3.8, 4) is 0 Å². The molecule has 0 aliphatic heterocycles. The van der Waals surface area contributed by atoms with E-state index in [4.69, 9.17) is 0 Å². The molecule has 2 radical (unpaired) electrons. The first-order chi connectivity index (χ1) is 2.77. The van der Waals surface area contributed by atoms with Gasteiger partial charge in [0.05, 0.1) is 0 Å². The van der Waals surface area contributed by atoms with Gasteiger partial charge in [0.25, 0.3) is 0 Å². The summed E-state index contributed by atoms with van der Waals surface area (Å²) in [5.74, 6) is 0.0671. The van der Waals surface area contributed by atoms with Crippen molar-refractivity contribution >= 4 is 30.6 Å². The van der Waals surface area contributed by atoms with Gasteiger partial charge in [0.2, 0.25) is 0 Å². The summed E-state index contributed by atoms with van der Waals surface area (Å²) in [5, 5.41) is 2.62. The number of carbonyl (C=O) groups is 1. The predicted molar refractivity (Wildman–Crippen MR) is 24.4 cm³/mol. The number of nitrogens with one attached hydrogen (secondary N) is 1. The average Bonchev–Trinajstić information content (AvgIpc) is 1.35. The monoisotopic (exact) mass is 281 g/mol. The van der Waals surface area contributed by atoms with E-state index in [2.05, 4.69) is 5.32 Å². The Labute approximate surface area is 52.1 Å². The fourth-order valence-corrected chi connectivity index (χ4v) is 0.977. The van der Waals surface area contributed by atoms with Crippen LogP contribution in [-0.4, -0.2) is 34.9 Å². The van der Waals surface area contributed by atoms with E-state index in [0.717, 1.165) is 4.25 Å². The summed E-state index contributed by atoms with van der Waals surface area (Å²) in [4.78, 5) is 9.95. The van der Waals surface area contributed by atoms with Gasteiger partial charge in [0.1, 0.15) is 0 Å². The molecule has 3 heteroatoms. The summed E-state index contributed by atoms with van der Waals surface area (Å²) in [5.41, 5.74) is 0. The molecule has 0 fully saturated rings. The number of amides is 1. The maximum atomic E-state index is 9.95. The molecule has 0 saturated heterocycles. The second-order valence-electron chi connectivity index (χ2n) is 0.891. The second-order valence-corrected chi connectivity index (χ2v) is 2.12. The number of rotatable bonds is 1. The van der Waals surface area contributed by atoms with Crippen molar-refractivity contribution in [2.75, 3.05) is 4.25 Å². The summed E-state index contributed by atoms with van der Waals surface area (Å²) >= 11 is 1.22. The van der Waals surface area contributed by atoms with Gasteiger partial charge in [-0.25, -0.2) is 0 Å². The zero-order valence-corrected chi connectivity index (χ0v) is 7.04. The first-order valence-electron chi connectivity index (χ1n) is 1.62. The molecule has 0 spiro atoms. The van der Waals surface area contributed by atoms with Crippen LogP contribution < -0.4 is 5.32 Å². The third-order valence-corrected chi connectivity index (χ3v) is 0.943. The van der Waals surface area contributed by atoms with Crippen LogP contribution in [0.2, 0.25) is 0 Å². The van der Waals surface area contributed by atoms with E-state index >= 15 is 0 Å². The number of hydrogen-bond acceptors (Lipinski definition) is 1. The Kier molecular flexibility index (Phi) is 3.75. The summed E-state index contributed by atoms with van der Waals surface area (Å²) in [6.45, 7) is 1.52. The molecule has 0 rings (SSSR count). The van der Waals surface area contributed by atoms with Crippen molar-refractivity contribution in [1.82, 2.24) is 5.32 Å². The summed E-state index contributed by atoms with van der Waals surface area (Å²) < 4.78 is 0.843. The maximum absolute atomic E-state index is 9.95. The Morgan fingerprint density at radius 3 is 2.50 bits per heavy atom. The van der Waals surface area contributed by atoms with Crippen LogP contribution in [0.15, 0.2) is 0 Å². The normalized spacial score (nSPS) is 7.67. The summed E-state index contributed by atoms with van der Waals surface area (Å²) in [7, 11) is 0. The fourth-order valence-electron chi connectivity index (χ4n) is 0.111. The Bertz CT molecular complexity index is 54.8. The molecule has 34 valence electrons. The molecule has 1 amide bonds. The van der Waals surface area contributed by atoms with Crippen LogP contribution in [0.5, 0.6) is 0 Å². The third kappa shape index (κ3) is 4.35. The van der Waals surface area contributed by atoms with Gasteiger partial charge in [-0.2, -0.15) is 0 Å². The van der Waals surface area contributed by atoms with Crippen LogP contribution in [0.4, 0.5) is 0 Å². The van der Waals surface area contributed by atoms with E-state index in [1.165, 1.54) is 31.6 Å². The van der Waals surface area contributed by atoms with Gasteiger partial charge < -0.3 is 0 Å².